The molecule has 1 N–H and O–H groups in total. The van der Waals surface area contributed by atoms with Crippen molar-refractivity contribution in [2.24, 2.45) is 0 Å². The summed E-state index contributed by atoms with van der Waals surface area (Å²) in [5.41, 5.74) is 0.432. The van der Waals surface area contributed by atoms with Crippen LogP contribution in [0.4, 0.5) is 11.5 Å². The first-order valence-corrected chi connectivity index (χ1v) is 6.40. The van der Waals surface area contributed by atoms with Crippen LogP contribution in [-0.4, -0.2) is 9.91 Å². The molecule has 17 heavy (non-hydrogen) atoms. The summed E-state index contributed by atoms with van der Waals surface area (Å²) in [6.07, 6.45) is 1.41. The molecule has 2 aromatic rings. The second-order valence-corrected chi connectivity index (χ2v) is 5.13. The molecular weight excluding hydrogens is 306 g/mol. The molecule has 2 rings (SSSR count). The standard InChI is InChI=1S/C10H8BrN3O2S/c11-7-4-8(17-6-7)5-13-9-2-1-3-12-10(9)14(15)16/h1-4,6,13H,5H2. The van der Waals surface area contributed by atoms with Gasteiger partial charge in [-0.2, -0.15) is 0 Å². The van der Waals surface area contributed by atoms with Crippen molar-refractivity contribution in [3.8, 4) is 0 Å². The van der Waals surface area contributed by atoms with Crippen molar-refractivity contribution in [3.63, 3.8) is 0 Å². The zero-order chi connectivity index (χ0) is 12.3. The number of anilines is 1. The summed E-state index contributed by atoms with van der Waals surface area (Å²) < 4.78 is 1.01. The molecule has 0 aromatic carbocycles. The van der Waals surface area contributed by atoms with Crippen molar-refractivity contribution in [1.82, 2.24) is 4.98 Å². The highest BCUT2D eigenvalue weighted by atomic mass is 79.9. The van der Waals surface area contributed by atoms with Crippen molar-refractivity contribution >= 4 is 38.8 Å². The van der Waals surface area contributed by atoms with E-state index in [0.717, 1.165) is 9.35 Å². The van der Waals surface area contributed by atoms with E-state index < -0.39 is 4.92 Å². The summed E-state index contributed by atoms with van der Waals surface area (Å²) in [6.45, 7) is 0.544. The lowest BCUT2D eigenvalue weighted by Crippen LogP contribution is -2.02. The van der Waals surface area contributed by atoms with Crippen LogP contribution in [0.5, 0.6) is 0 Å². The Kier molecular flexibility index (Phi) is 3.70. The van der Waals surface area contributed by atoms with Gasteiger partial charge in [-0.25, -0.2) is 0 Å². The average Bonchev–Trinajstić information content (AvgIpc) is 2.73. The molecule has 0 aliphatic heterocycles. The number of halogens is 1. The second-order valence-electron chi connectivity index (χ2n) is 3.22. The van der Waals surface area contributed by atoms with Gasteiger partial charge in [0, 0.05) is 21.3 Å². The molecule has 0 aliphatic rings. The largest absolute Gasteiger partial charge is 0.386 e. The highest BCUT2D eigenvalue weighted by Crippen LogP contribution is 2.24. The second kappa shape index (κ2) is 5.24. The van der Waals surface area contributed by atoms with Crippen molar-refractivity contribution in [3.05, 3.63) is 49.2 Å². The van der Waals surface area contributed by atoms with Gasteiger partial charge in [-0.05, 0) is 44.0 Å². The molecule has 7 heteroatoms. The number of aromatic nitrogens is 1. The van der Waals surface area contributed by atoms with Crippen molar-refractivity contribution < 1.29 is 4.92 Å². The van der Waals surface area contributed by atoms with Crippen LogP contribution < -0.4 is 5.32 Å². The minimum absolute atomic E-state index is 0.150. The van der Waals surface area contributed by atoms with Gasteiger partial charge in [0.05, 0.1) is 0 Å². The molecule has 2 heterocycles. The minimum Gasteiger partial charge on any atom is -0.373 e. The Labute approximate surface area is 110 Å². The molecule has 0 spiro atoms. The zero-order valence-corrected chi connectivity index (χ0v) is 11.0. The van der Waals surface area contributed by atoms with E-state index in [1.54, 1.807) is 23.5 Å². The molecule has 0 unspecified atom stereocenters. The van der Waals surface area contributed by atoms with Crippen molar-refractivity contribution in [2.75, 3.05) is 5.32 Å². The van der Waals surface area contributed by atoms with Crippen LogP contribution in [-0.2, 0) is 6.54 Å². The summed E-state index contributed by atoms with van der Waals surface area (Å²) in [5.74, 6) is -0.150. The Morgan fingerprint density at radius 3 is 3.06 bits per heavy atom. The Balaban J connectivity index is 2.11. The lowest BCUT2D eigenvalue weighted by molar-refractivity contribution is -0.388. The predicted octanol–water partition coefficient (Wildman–Crippen LogP) is 3.43. The number of thiophene rings is 1. The molecular formula is C10H8BrN3O2S. The number of hydrogen-bond donors (Lipinski definition) is 1. The third-order valence-corrected chi connectivity index (χ3v) is 3.73. The van der Waals surface area contributed by atoms with Gasteiger partial charge in [-0.1, -0.05) is 0 Å². The van der Waals surface area contributed by atoms with Crippen LogP contribution in [0.1, 0.15) is 4.88 Å². The highest BCUT2D eigenvalue weighted by molar-refractivity contribution is 9.10. The van der Waals surface area contributed by atoms with Crippen LogP contribution in [0, 0.1) is 10.1 Å². The summed E-state index contributed by atoms with van der Waals surface area (Å²) in [6, 6.07) is 5.29. The first-order chi connectivity index (χ1) is 8.16. The van der Waals surface area contributed by atoms with Gasteiger partial charge in [0.25, 0.3) is 0 Å². The monoisotopic (exact) mass is 313 g/mol. The van der Waals surface area contributed by atoms with Crippen LogP contribution in [0.15, 0.2) is 34.2 Å². The lowest BCUT2D eigenvalue weighted by atomic mass is 10.3. The number of nitro groups is 1. The molecule has 0 fully saturated rings. The molecule has 5 nitrogen and oxygen atoms in total. The first kappa shape index (κ1) is 12.0. The van der Waals surface area contributed by atoms with Crippen LogP contribution in [0.25, 0.3) is 0 Å². The Bertz CT molecular complexity index is 544. The third kappa shape index (κ3) is 3.01. The lowest BCUT2D eigenvalue weighted by Gasteiger charge is -2.04. The van der Waals surface area contributed by atoms with E-state index >= 15 is 0 Å². The molecule has 0 radical (unpaired) electrons. The number of nitrogens with zero attached hydrogens (tertiary/aromatic N) is 2. The average molecular weight is 314 g/mol. The van der Waals surface area contributed by atoms with Crippen LogP contribution in [0.3, 0.4) is 0 Å². The summed E-state index contributed by atoms with van der Waals surface area (Å²) in [4.78, 5) is 15.1. The summed E-state index contributed by atoms with van der Waals surface area (Å²) in [5, 5.41) is 15.7. The smallest absolute Gasteiger partial charge is 0.373 e. The van der Waals surface area contributed by atoms with Gasteiger partial charge in [0.2, 0.25) is 0 Å². The molecule has 2 aromatic heterocycles. The highest BCUT2D eigenvalue weighted by Gasteiger charge is 2.13. The van der Waals surface area contributed by atoms with E-state index in [-0.39, 0.29) is 5.82 Å². The fourth-order valence-corrected chi connectivity index (χ4v) is 2.70. The first-order valence-electron chi connectivity index (χ1n) is 4.73. The van der Waals surface area contributed by atoms with Gasteiger partial charge >= 0.3 is 5.82 Å². The fourth-order valence-electron chi connectivity index (χ4n) is 1.31. The molecule has 88 valence electrons. The molecule has 0 aliphatic carbocycles. The SMILES string of the molecule is O=[N+]([O-])c1ncccc1NCc1cc(Br)cs1. The van der Waals surface area contributed by atoms with E-state index in [1.807, 2.05) is 11.4 Å². The maximum absolute atomic E-state index is 10.7. The molecule has 0 amide bonds. The maximum atomic E-state index is 10.7. The van der Waals surface area contributed by atoms with Gasteiger partial charge in [-0.3, -0.25) is 0 Å². The normalized spacial score (nSPS) is 10.2. The molecule has 0 saturated carbocycles. The van der Waals surface area contributed by atoms with Gasteiger partial charge in [0.15, 0.2) is 0 Å². The van der Waals surface area contributed by atoms with E-state index in [1.165, 1.54) is 6.20 Å². The molecule has 0 saturated heterocycles. The molecule has 0 bridgehead atoms. The summed E-state index contributed by atoms with van der Waals surface area (Å²) in [7, 11) is 0. The third-order valence-electron chi connectivity index (χ3n) is 2.03. The van der Waals surface area contributed by atoms with Crippen LogP contribution >= 0.6 is 27.3 Å². The Hall–Kier alpha value is -1.47. The van der Waals surface area contributed by atoms with Gasteiger partial charge in [-0.15, -0.1) is 11.3 Å². The van der Waals surface area contributed by atoms with E-state index in [9.17, 15) is 10.1 Å². The fraction of sp³-hybridized carbons (Fsp3) is 0.100. The zero-order valence-electron chi connectivity index (χ0n) is 8.59. The topological polar surface area (TPSA) is 68.1 Å². The number of hydrogen-bond acceptors (Lipinski definition) is 5. The van der Waals surface area contributed by atoms with Gasteiger partial charge < -0.3 is 15.4 Å². The van der Waals surface area contributed by atoms with Crippen molar-refractivity contribution in [1.29, 1.82) is 0 Å². The Morgan fingerprint density at radius 2 is 2.41 bits per heavy atom. The van der Waals surface area contributed by atoms with E-state index in [0.29, 0.717) is 12.2 Å². The van der Waals surface area contributed by atoms with E-state index in [2.05, 4.69) is 26.2 Å². The maximum Gasteiger partial charge on any atom is 0.386 e. The molecule has 0 atom stereocenters. The number of rotatable bonds is 4. The quantitative estimate of drug-likeness (QED) is 0.693. The number of nitrogens with one attached hydrogen (secondary N) is 1. The Morgan fingerprint density at radius 1 is 1.59 bits per heavy atom. The number of pyridine rings is 1. The predicted molar refractivity (Wildman–Crippen MR) is 70.2 cm³/mol. The van der Waals surface area contributed by atoms with Crippen LogP contribution in [0.2, 0.25) is 0 Å². The van der Waals surface area contributed by atoms with Gasteiger partial charge in [0.1, 0.15) is 11.9 Å². The minimum atomic E-state index is -0.493. The van der Waals surface area contributed by atoms with E-state index in [4.69, 9.17) is 0 Å². The summed E-state index contributed by atoms with van der Waals surface area (Å²) >= 11 is 4.94. The van der Waals surface area contributed by atoms with Crippen molar-refractivity contribution in [2.45, 2.75) is 6.54 Å².